The molecule has 21 heavy (non-hydrogen) atoms. The lowest BCUT2D eigenvalue weighted by Crippen LogP contribution is -2.34. The van der Waals surface area contributed by atoms with Crippen LogP contribution in [-0.2, 0) is 4.74 Å². The molecule has 1 aromatic rings. The third kappa shape index (κ3) is 4.77. The number of nitrogens with zero attached hydrogens (tertiary/aromatic N) is 1. The van der Waals surface area contributed by atoms with E-state index in [4.69, 9.17) is 4.74 Å². The molecule has 1 aliphatic heterocycles. The van der Waals surface area contributed by atoms with Crippen molar-refractivity contribution in [1.82, 2.24) is 4.90 Å². The van der Waals surface area contributed by atoms with E-state index in [0.29, 0.717) is 11.5 Å². The Kier molecular flexibility index (Phi) is 6.15. The van der Waals surface area contributed by atoms with Gasteiger partial charge in [0.15, 0.2) is 0 Å². The first kappa shape index (κ1) is 16.4. The maximum absolute atomic E-state index is 13.7. The molecule has 1 N–H and O–H groups in total. The second-order valence-corrected chi connectivity index (χ2v) is 6.25. The van der Waals surface area contributed by atoms with Crippen LogP contribution in [0.2, 0.25) is 0 Å². The number of hydrogen-bond acceptors (Lipinski definition) is 3. The van der Waals surface area contributed by atoms with Crippen LogP contribution in [0.4, 0.5) is 4.39 Å². The lowest BCUT2D eigenvalue weighted by Gasteiger charge is -2.30. The molecule has 0 amide bonds. The summed E-state index contributed by atoms with van der Waals surface area (Å²) < 4.78 is 19.2. The zero-order chi connectivity index (χ0) is 15.2. The van der Waals surface area contributed by atoms with Crippen LogP contribution in [0.3, 0.4) is 0 Å². The van der Waals surface area contributed by atoms with Crippen LogP contribution < -0.4 is 0 Å². The minimum atomic E-state index is -0.767. The lowest BCUT2D eigenvalue weighted by molar-refractivity contribution is 0.0338. The van der Waals surface area contributed by atoms with Crippen molar-refractivity contribution in [2.75, 3.05) is 33.4 Å². The summed E-state index contributed by atoms with van der Waals surface area (Å²) in [7, 11) is 2.05. The van der Waals surface area contributed by atoms with Crippen molar-refractivity contribution in [3.63, 3.8) is 0 Å². The molecule has 1 saturated heterocycles. The fourth-order valence-corrected chi connectivity index (χ4v) is 3.08. The van der Waals surface area contributed by atoms with Gasteiger partial charge in [-0.15, -0.1) is 0 Å². The number of ether oxygens (including phenoxy) is 1. The van der Waals surface area contributed by atoms with Crippen LogP contribution in [0.15, 0.2) is 24.3 Å². The Morgan fingerprint density at radius 1 is 1.43 bits per heavy atom. The molecule has 2 rings (SSSR count). The standard InChI is InChI=1S/C17H26FNO2/c1-13(17(20)15-7-3-4-8-16(15)18)10-19(2)11-14-6-5-9-21-12-14/h3-4,7-8,13-14,17,20H,5-6,9-12H2,1-2H3. The highest BCUT2D eigenvalue weighted by Gasteiger charge is 2.22. The van der Waals surface area contributed by atoms with E-state index in [1.165, 1.54) is 12.5 Å². The molecular formula is C17H26FNO2. The average Bonchev–Trinajstić information content (AvgIpc) is 2.48. The quantitative estimate of drug-likeness (QED) is 0.876. The fraction of sp³-hybridized carbons (Fsp3) is 0.647. The van der Waals surface area contributed by atoms with Crippen LogP contribution >= 0.6 is 0 Å². The van der Waals surface area contributed by atoms with Crippen LogP contribution in [0.25, 0.3) is 0 Å². The van der Waals surface area contributed by atoms with Crippen molar-refractivity contribution in [3.05, 3.63) is 35.6 Å². The number of benzene rings is 1. The number of aliphatic hydroxyl groups is 1. The number of hydrogen-bond donors (Lipinski definition) is 1. The third-order valence-corrected chi connectivity index (χ3v) is 4.19. The van der Waals surface area contributed by atoms with E-state index in [1.54, 1.807) is 18.2 Å². The fourth-order valence-electron chi connectivity index (χ4n) is 3.08. The van der Waals surface area contributed by atoms with Crippen LogP contribution in [0.1, 0.15) is 31.4 Å². The maximum Gasteiger partial charge on any atom is 0.129 e. The number of halogens is 1. The second-order valence-electron chi connectivity index (χ2n) is 6.25. The monoisotopic (exact) mass is 295 g/mol. The minimum absolute atomic E-state index is 0.0172. The number of rotatable bonds is 6. The Labute approximate surface area is 126 Å². The molecule has 118 valence electrons. The van der Waals surface area contributed by atoms with Gasteiger partial charge >= 0.3 is 0 Å². The van der Waals surface area contributed by atoms with E-state index in [1.807, 2.05) is 6.92 Å². The van der Waals surface area contributed by atoms with Gasteiger partial charge in [0.1, 0.15) is 5.82 Å². The Balaban J connectivity index is 1.85. The molecule has 1 aliphatic rings. The summed E-state index contributed by atoms with van der Waals surface area (Å²) in [6, 6.07) is 6.46. The lowest BCUT2D eigenvalue weighted by atomic mass is 9.95. The summed E-state index contributed by atoms with van der Waals surface area (Å²) in [6.07, 6.45) is 1.57. The van der Waals surface area contributed by atoms with Gasteiger partial charge in [-0.05, 0) is 37.8 Å². The van der Waals surface area contributed by atoms with Crippen LogP contribution in [0.5, 0.6) is 0 Å². The topological polar surface area (TPSA) is 32.7 Å². The molecule has 1 fully saturated rings. The summed E-state index contributed by atoms with van der Waals surface area (Å²) in [5.74, 6) is 0.221. The Hall–Kier alpha value is -0.970. The van der Waals surface area contributed by atoms with Crippen molar-refractivity contribution in [1.29, 1.82) is 0 Å². The van der Waals surface area contributed by atoms with Gasteiger partial charge in [-0.2, -0.15) is 0 Å². The zero-order valence-corrected chi connectivity index (χ0v) is 13.0. The van der Waals surface area contributed by atoms with Crippen molar-refractivity contribution < 1.29 is 14.2 Å². The summed E-state index contributed by atoms with van der Waals surface area (Å²) in [6.45, 7) is 5.38. The predicted octanol–water partition coefficient (Wildman–Crippen LogP) is 2.85. The SMILES string of the molecule is CC(CN(C)CC1CCCOC1)C(O)c1ccccc1F. The molecule has 0 radical (unpaired) electrons. The van der Waals surface area contributed by atoms with Crippen LogP contribution in [-0.4, -0.2) is 43.4 Å². The van der Waals surface area contributed by atoms with Gasteiger partial charge in [0, 0.05) is 25.3 Å². The molecule has 3 atom stereocenters. The molecule has 3 unspecified atom stereocenters. The van der Waals surface area contributed by atoms with Crippen molar-refractivity contribution in [2.45, 2.75) is 25.9 Å². The summed E-state index contributed by atoms with van der Waals surface area (Å²) >= 11 is 0. The van der Waals surface area contributed by atoms with Gasteiger partial charge in [-0.1, -0.05) is 25.1 Å². The molecule has 0 aromatic heterocycles. The first-order valence-corrected chi connectivity index (χ1v) is 7.76. The van der Waals surface area contributed by atoms with Gasteiger partial charge in [-0.25, -0.2) is 4.39 Å². The van der Waals surface area contributed by atoms with E-state index in [0.717, 1.165) is 32.7 Å². The summed E-state index contributed by atoms with van der Waals surface area (Å²) in [5.41, 5.74) is 0.388. The predicted molar refractivity (Wildman–Crippen MR) is 81.6 cm³/mol. The molecule has 1 heterocycles. The molecule has 4 heteroatoms. The highest BCUT2D eigenvalue weighted by Crippen LogP contribution is 2.25. The molecule has 0 bridgehead atoms. The van der Waals surface area contributed by atoms with Gasteiger partial charge in [0.25, 0.3) is 0 Å². The average molecular weight is 295 g/mol. The molecule has 0 aliphatic carbocycles. The zero-order valence-electron chi connectivity index (χ0n) is 13.0. The Bertz CT molecular complexity index is 435. The van der Waals surface area contributed by atoms with E-state index >= 15 is 0 Å². The van der Waals surface area contributed by atoms with Gasteiger partial charge in [0.2, 0.25) is 0 Å². The van der Waals surface area contributed by atoms with E-state index < -0.39 is 6.10 Å². The second kappa shape index (κ2) is 7.87. The van der Waals surface area contributed by atoms with Gasteiger partial charge < -0.3 is 14.7 Å². The Morgan fingerprint density at radius 2 is 2.19 bits per heavy atom. The van der Waals surface area contributed by atoms with Crippen molar-refractivity contribution >= 4 is 0 Å². The largest absolute Gasteiger partial charge is 0.388 e. The van der Waals surface area contributed by atoms with Gasteiger partial charge in [0.05, 0.1) is 12.7 Å². The highest BCUT2D eigenvalue weighted by molar-refractivity contribution is 5.20. The smallest absolute Gasteiger partial charge is 0.129 e. The maximum atomic E-state index is 13.7. The molecule has 0 saturated carbocycles. The van der Waals surface area contributed by atoms with E-state index in [-0.39, 0.29) is 11.7 Å². The minimum Gasteiger partial charge on any atom is -0.388 e. The Morgan fingerprint density at radius 3 is 2.86 bits per heavy atom. The summed E-state index contributed by atoms with van der Waals surface area (Å²) in [5, 5.41) is 10.3. The van der Waals surface area contributed by atoms with Gasteiger partial charge in [-0.3, -0.25) is 0 Å². The summed E-state index contributed by atoms with van der Waals surface area (Å²) in [4.78, 5) is 2.22. The normalized spacial score (nSPS) is 22.2. The van der Waals surface area contributed by atoms with E-state index in [2.05, 4.69) is 11.9 Å². The molecule has 0 spiro atoms. The number of aliphatic hydroxyl groups excluding tert-OH is 1. The first-order chi connectivity index (χ1) is 10.1. The van der Waals surface area contributed by atoms with E-state index in [9.17, 15) is 9.50 Å². The first-order valence-electron chi connectivity index (χ1n) is 7.76. The van der Waals surface area contributed by atoms with Crippen LogP contribution in [0, 0.1) is 17.7 Å². The highest BCUT2D eigenvalue weighted by atomic mass is 19.1. The van der Waals surface area contributed by atoms with Crippen molar-refractivity contribution in [3.8, 4) is 0 Å². The molecule has 1 aromatic carbocycles. The molecule has 3 nitrogen and oxygen atoms in total. The third-order valence-electron chi connectivity index (χ3n) is 4.19. The van der Waals surface area contributed by atoms with Crippen molar-refractivity contribution in [2.24, 2.45) is 11.8 Å². The molecular weight excluding hydrogens is 269 g/mol.